The lowest BCUT2D eigenvalue weighted by atomic mass is 10.2. The molecular formula is C11H17N3O3S. The number of rotatable bonds is 6. The van der Waals surface area contributed by atoms with E-state index in [1.807, 2.05) is 6.92 Å². The fourth-order valence-corrected chi connectivity index (χ4v) is 2.14. The van der Waals surface area contributed by atoms with Gasteiger partial charge in [-0.2, -0.15) is 0 Å². The summed E-state index contributed by atoms with van der Waals surface area (Å²) >= 11 is 0. The first-order chi connectivity index (χ1) is 8.40. The average molecular weight is 271 g/mol. The minimum Gasteiger partial charge on any atom is -0.362 e. The maximum atomic E-state index is 11.0. The van der Waals surface area contributed by atoms with Gasteiger partial charge in [0, 0.05) is 40.6 Å². The first kappa shape index (κ1) is 14.6. The Bertz CT molecular complexity index is 465. The van der Waals surface area contributed by atoms with Crippen molar-refractivity contribution < 1.29 is 9.13 Å². The smallest absolute Gasteiger partial charge is 0.311 e. The number of hydrogen-bond donors (Lipinski definition) is 1. The molecule has 0 aliphatic carbocycles. The second-order valence-electron chi connectivity index (χ2n) is 4.19. The Hall–Kier alpha value is -1.50. The molecule has 0 spiro atoms. The summed E-state index contributed by atoms with van der Waals surface area (Å²) in [7, 11) is -0.857. The molecule has 2 atom stereocenters. The Labute approximate surface area is 108 Å². The molecule has 0 aliphatic rings. The molecule has 0 aromatic carbocycles. The van der Waals surface area contributed by atoms with Crippen molar-refractivity contribution in [1.82, 2.24) is 4.98 Å². The predicted octanol–water partition coefficient (Wildman–Crippen LogP) is 1.87. The normalized spacial score (nSPS) is 13.9. The van der Waals surface area contributed by atoms with Gasteiger partial charge < -0.3 is 5.32 Å². The number of anilines is 1. The standard InChI is InChI=1S/C11H17N3O3S/c1-8-4-5-10(14(15)16)11(12-8)13-9(2)6-7-18(3)17/h4-5,9H,6-7H2,1-3H3,(H,12,13). The van der Waals surface area contributed by atoms with Gasteiger partial charge >= 0.3 is 5.69 Å². The van der Waals surface area contributed by atoms with Crippen LogP contribution in [0.3, 0.4) is 0 Å². The molecule has 18 heavy (non-hydrogen) atoms. The number of aryl methyl sites for hydroxylation is 1. The van der Waals surface area contributed by atoms with Gasteiger partial charge in [-0.25, -0.2) is 4.98 Å². The van der Waals surface area contributed by atoms with E-state index in [0.29, 0.717) is 12.2 Å². The highest BCUT2D eigenvalue weighted by Crippen LogP contribution is 2.22. The van der Waals surface area contributed by atoms with Crippen LogP contribution in [-0.2, 0) is 10.8 Å². The van der Waals surface area contributed by atoms with Gasteiger partial charge in [0.2, 0.25) is 5.82 Å². The third-order valence-electron chi connectivity index (χ3n) is 2.43. The lowest BCUT2D eigenvalue weighted by Crippen LogP contribution is -2.19. The summed E-state index contributed by atoms with van der Waals surface area (Å²) < 4.78 is 11.0. The zero-order valence-electron chi connectivity index (χ0n) is 10.7. The summed E-state index contributed by atoms with van der Waals surface area (Å²) in [6.07, 6.45) is 2.32. The van der Waals surface area contributed by atoms with Crippen LogP contribution in [0.5, 0.6) is 0 Å². The van der Waals surface area contributed by atoms with Crippen molar-refractivity contribution in [3.8, 4) is 0 Å². The van der Waals surface area contributed by atoms with E-state index in [-0.39, 0.29) is 17.5 Å². The van der Waals surface area contributed by atoms with E-state index >= 15 is 0 Å². The number of nitrogens with one attached hydrogen (secondary N) is 1. The highest BCUT2D eigenvalue weighted by molar-refractivity contribution is 7.84. The zero-order valence-corrected chi connectivity index (χ0v) is 11.5. The van der Waals surface area contributed by atoms with Crippen molar-refractivity contribution in [2.75, 3.05) is 17.3 Å². The van der Waals surface area contributed by atoms with Crippen LogP contribution in [0, 0.1) is 17.0 Å². The van der Waals surface area contributed by atoms with Crippen molar-refractivity contribution >= 4 is 22.3 Å². The van der Waals surface area contributed by atoms with E-state index in [1.165, 1.54) is 6.07 Å². The number of hydrogen-bond acceptors (Lipinski definition) is 5. The van der Waals surface area contributed by atoms with Crippen molar-refractivity contribution in [3.05, 3.63) is 27.9 Å². The summed E-state index contributed by atoms with van der Waals surface area (Å²) in [6.45, 7) is 3.67. The van der Waals surface area contributed by atoms with Crippen molar-refractivity contribution in [2.24, 2.45) is 0 Å². The second-order valence-corrected chi connectivity index (χ2v) is 5.74. The van der Waals surface area contributed by atoms with Gasteiger partial charge in [-0.15, -0.1) is 0 Å². The van der Waals surface area contributed by atoms with Gasteiger partial charge in [0.25, 0.3) is 0 Å². The molecule has 6 nitrogen and oxygen atoms in total. The maximum Gasteiger partial charge on any atom is 0.311 e. The van der Waals surface area contributed by atoms with E-state index in [2.05, 4.69) is 10.3 Å². The molecule has 7 heteroatoms. The number of nitrogens with zero attached hydrogens (tertiary/aromatic N) is 2. The highest BCUT2D eigenvalue weighted by atomic mass is 32.2. The molecule has 1 heterocycles. The Morgan fingerprint density at radius 2 is 2.22 bits per heavy atom. The lowest BCUT2D eigenvalue weighted by molar-refractivity contribution is -0.384. The van der Waals surface area contributed by atoms with E-state index in [0.717, 1.165) is 5.69 Å². The topological polar surface area (TPSA) is 85.1 Å². The van der Waals surface area contributed by atoms with Crippen LogP contribution >= 0.6 is 0 Å². The van der Waals surface area contributed by atoms with Gasteiger partial charge in [-0.05, 0) is 26.3 Å². The van der Waals surface area contributed by atoms with Crippen LogP contribution in [0.15, 0.2) is 12.1 Å². The highest BCUT2D eigenvalue weighted by Gasteiger charge is 2.16. The Morgan fingerprint density at radius 1 is 1.56 bits per heavy atom. The fourth-order valence-electron chi connectivity index (χ4n) is 1.45. The minimum atomic E-state index is -0.857. The van der Waals surface area contributed by atoms with Crippen LogP contribution in [0.25, 0.3) is 0 Å². The van der Waals surface area contributed by atoms with Crippen molar-refractivity contribution in [2.45, 2.75) is 26.3 Å². The summed E-state index contributed by atoms with van der Waals surface area (Å²) in [4.78, 5) is 14.5. The van der Waals surface area contributed by atoms with Crippen molar-refractivity contribution in [3.63, 3.8) is 0 Å². The largest absolute Gasteiger partial charge is 0.362 e. The molecular weight excluding hydrogens is 254 g/mol. The molecule has 0 bridgehead atoms. The van der Waals surface area contributed by atoms with Crippen LogP contribution < -0.4 is 5.32 Å². The Morgan fingerprint density at radius 3 is 2.78 bits per heavy atom. The predicted molar refractivity (Wildman–Crippen MR) is 72.3 cm³/mol. The first-order valence-corrected chi connectivity index (χ1v) is 7.31. The quantitative estimate of drug-likeness (QED) is 0.630. The van der Waals surface area contributed by atoms with E-state index < -0.39 is 15.7 Å². The zero-order chi connectivity index (χ0) is 13.7. The minimum absolute atomic E-state index is 0.0121. The molecule has 1 rings (SSSR count). The number of aromatic nitrogens is 1. The molecule has 0 radical (unpaired) electrons. The molecule has 1 aromatic heterocycles. The SMILES string of the molecule is Cc1ccc([N+](=O)[O-])c(NC(C)CCS(C)=O)n1. The molecule has 0 saturated heterocycles. The summed E-state index contributed by atoms with van der Waals surface area (Å²) in [5.74, 6) is 0.836. The van der Waals surface area contributed by atoms with Gasteiger partial charge in [-0.1, -0.05) is 0 Å². The van der Waals surface area contributed by atoms with E-state index in [1.54, 1.807) is 19.2 Å². The third-order valence-corrected chi connectivity index (χ3v) is 3.24. The van der Waals surface area contributed by atoms with Crippen LogP contribution in [0.4, 0.5) is 11.5 Å². The maximum absolute atomic E-state index is 11.0. The molecule has 0 aliphatic heterocycles. The number of pyridine rings is 1. The molecule has 1 N–H and O–H groups in total. The monoisotopic (exact) mass is 271 g/mol. The van der Waals surface area contributed by atoms with Gasteiger partial charge in [0.15, 0.2) is 0 Å². The fraction of sp³-hybridized carbons (Fsp3) is 0.545. The lowest BCUT2D eigenvalue weighted by Gasteiger charge is -2.14. The average Bonchev–Trinajstić information content (AvgIpc) is 2.26. The first-order valence-electron chi connectivity index (χ1n) is 5.58. The molecule has 0 fully saturated rings. The summed E-state index contributed by atoms with van der Waals surface area (Å²) in [5.41, 5.74) is 0.680. The second kappa shape index (κ2) is 6.44. The van der Waals surface area contributed by atoms with E-state index in [9.17, 15) is 14.3 Å². The molecule has 1 aromatic rings. The van der Waals surface area contributed by atoms with Crippen LogP contribution in [0.1, 0.15) is 19.0 Å². The Kier molecular flexibility index (Phi) is 5.21. The van der Waals surface area contributed by atoms with Gasteiger partial charge in [0.05, 0.1) is 4.92 Å². The number of nitro groups is 1. The van der Waals surface area contributed by atoms with Crippen LogP contribution in [-0.4, -0.2) is 32.2 Å². The Balaban J connectivity index is 2.79. The van der Waals surface area contributed by atoms with E-state index in [4.69, 9.17) is 0 Å². The molecule has 2 unspecified atom stereocenters. The summed E-state index contributed by atoms with van der Waals surface area (Å²) in [5, 5.41) is 13.9. The third kappa shape index (κ3) is 4.40. The molecule has 0 amide bonds. The van der Waals surface area contributed by atoms with Gasteiger partial charge in [-0.3, -0.25) is 14.3 Å². The summed E-state index contributed by atoms with van der Waals surface area (Å²) in [6, 6.07) is 3.03. The molecule has 0 saturated carbocycles. The molecule has 100 valence electrons. The van der Waals surface area contributed by atoms with Crippen molar-refractivity contribution in [1.29, 1.82) is 0 Å². The van der Waals surface area contributed by atoms with Crippen LogP contribution in [0.2, 0.25) is 0 Å². The van der Waals surface area contributed by atoms with Gasteiger partial charge in [0.1, 0.15) is 0 Å².